The molecule has 2 saturated heterocycles. The fraction of sp³-hybridized carbons (Fsp3) is 0.938. The lowest BCUT2D eigenvalue weighted by atomic mass is 9.83. The van der Waals surface area contributed by atoms with Crippen LogP contribution < -0.4 is 0 Å². The number of amides is 1. The average Bonchev–Trinajstić information content (AvgIpc) is 2.36. The van der Waals surface area contributed by atoms with E-state index in [-0.39, 0.29) is 11.5 Å². The van der Waals surface area contributed by atoms with Crippen LogP contribution in [-0.4, -0.2) is 71.3 Å². The molecule has 2 aliphatic rings. The fourth-order valence-corrected chi connectivity index (χ4v) is 3.38. The highest BCUT2D eigenvalue weighted by Gasteiger charge is 2.33. The largest absolute Gasteiger partial charge is 0.390 e. The van der Waals surface area contributed by atoms with Gasteiger partial charge in [0.25, 0.3) is 0 Å². The van der Waals surface area contributed by atoms with E-state index in [1.807, 2.05) is 18.7 Å². The van der Waals surface area contributed by atoms with Crippen molar-refractivity contribution in [3.63, 3.8) is 0 Å². The van der Waals surface area contributed by atoms with Gasteiger partial charge in [0.05, 0.1) is 24.4 Å². The van der Waals surface area contributed by atoms with Gasteiger partial charge >= 0.3 is 0 Å². The average molecular weight is 298 g/mol. The van der Waals surface area contributed by atoms with E-state index in [4.69, 9.17) is 4.74 Å². The van der Waals surface area contributed by atoms with Crippen LogP contribution in [0.5, 0.6) is 0 Å². The lowest BCUT2D eigenvalue weighted by Gasteiger charge is -2.40. The maximum atomic E-state index is 12.4. The van der Waals surface area contributed by atoms with Crippen LogP contribution in [0.1, 0.15) is 40.5 Å². The smallest absolute Gasteiger partial charge is 0.236 e. The van der Waals surface area contributed by atoms with Gasteiger partial charge in [-0.25, -0.2) is 0 Å². The second-order valence-corrected chi connectivity index (χ2v) is 7.63. The van der Waals surface area contributed by atoms with Gasteiger partial charge < -0.3 is 14.7 Å². The van der Waals surface area contributed by atoms with E-state index in [1.165, 1.54) is 0 Å². The molecule has 0 aromatic heterocycles. The number of nitrogens with zero attached hydrogens (tertiary/aromatic N) is 2. The number of ether oxygens (including phenoxy) is 1. The van der Waals surface area contributed by atoms with Crippen LogP contribution in [-0.2, 0) is 9.53 Å². The number of hydrogen-bond donors (Lipinski definition) is 1. The number of carbonyl (C=O) groups is 1. The van der Waals surface area contributed by atoms with Crippen LogP contribution in [0.3, 0.4) is 0 Å². The quantitative estimate of drug-likeness (QED) is 0.848. The molecule has 2 heterocycles. The Balaban J connectivity index is 1.80. The van der Waals surface area contributed by atoms with Crippen molar-refractivity contribution < 1.29 is 14.6 Å². The molecule has 1 N–H and O–H groups in total. The van der Waals surface area contributed by atoms with E-state index in [0.29, 0.717) is 19.1 Å². The number of piperidine rings is 1. The first kappa shape index (κ1) is 16.7. The van der Waals surface area contributed by atoms with E-state index in [9.17, 15) is 9.90 Å². The summed E-state index contributed by atoms with van der Waals surface area (Å²) in [6.45, 7) is 12.2. The maximum absolute atomic E-state index is 12.4. The summed E-state index contributed by atoms with van der Waals surface area (Å²) in [6, 6.07) is 0. The van der Waals surface area contributed by atoms with Crippen LogP contribution >= 0.6 is 0 Å². The highest BCUT2D eigenvalue weighted by molar-refractivity contribution is 5.78. The molecular formula is C16H30N2O3. The molecule has 0 unspecified atom stereocenters. The van der Waals surface area contributed by atoms with Crippen LogP contribution in [0.25, 0.3) is 0 Å². The normalized spacial score (nSPS) is 25.1. The highest BCUT2D eigenvalue weighted by atomic mass is 16.5. The molecule has 2 rings (SSSR count). The first-order valence-electron chi connectivity index (χ1n) is 8.04. The summed E-state index contributed by atoms with van der Waals surface area (Å²) in [7, 11) is 0. The van der Waals surface area contributed by atoms with E-state index in [2.05, 4.69) is 18.7 Å². The standard InChI is InChI=1S/C16H30N2O3/c1-15(2)12-17(9-10-21-15)11-14(19)18-7-5-13(6-8-18)16(3,4)20/h13,20H,5-12H2,1-4H3. The number of carbonyl (C=O) groups excluding carboxylic acids is 1. The molecule has 0 aromatic carbocycles. The zero-order valence-corrected chi connectivity index (χ0v) is 13.9. The van der Waals surface area contributed by atoms with E-state index in [0.717, 1.165) is 39.0 Å². The van der Waals surface area contributed by atoms with E-state index in [1.54, 1.807) is 0 Å². The Morgan fingerprint density at radius 1 is 1.29 bits per heavy atom. The predicted octanol–water partition coefficient (Wildman–Crippen LogP) is 1.11. The molecule has 0 atom stereocenters. The summed E-state index contributed by atoms with van der Waals surface area (Å²) >= 11 is 0. The summed E-state index contributed by atoms with van der Waals surface area (Å²) in [6.07, 6.45) is 1.79. The fourth-order valence-electron chi connectivity index (χ4n) is 3.38. The molecule has 2 aliphatic heterocycles. The molecule has 0 bridgehead atoms. The van der Waals surface area contributed by atoms with Crippen LogP contribution in [0.4, 0.5) is 0 Å². The molecule has 0 radical (unpaired) electrons. The first-order valence-corrected chi connectivity index (χ1v) is 8.04. The van der Waals surface area contributed by atoms with Crippen LogP contribution in [0.15, 0.2) is 0 Å². The molecule has 0 spiro atoms. The Hall–Kier alpha value is -0.650. The summed E-state index contributed by atoms with van der Waals surface area (Å²) in [5, 5.41) is 10.1. The van der Waals surface area contributed by atoms with Crippen LogP contribution in [0, 0.1) is 5.92 Å². The minimum absolute atomic E-state index is 0.160. The Kier molecular flexibility index (Phi) is 4.96. The lowest BCUT2D eigenvalue weighted by Crippen LogP contribution is -2.53. The summed E-state index contributed by atoms with van der Waals surface area (Å²) < 4.78 is 5.68. The van der Waals surface area contributed by atoms with Gasteiger partial charge in [0.2, 0.25) is 5.91 Å². The monoisotopic (exact) mass is 298 g/mol. The van der Waals surface area contributed by atoms with Crippen molar-refractivity contribution >= 4 is 5.91 Å². The number of morpholine rings is 1. The summed E-state index contributed by atoms with van der Waals surface area (Å²) in [5.74, 6) is 0.505. The van der Waals surface area contributed by atoms with Crippen molar-refractivity contribution in [1.29, 1.82) is 0 Å². The van der Waals surface area contributed by atoms with Crippen LogP contribution in [0.2, 0.25) is 0 Å². The summed E-state index contributed by atoms with van der Waals surface area (Å²) in [4.78, 5) is 16.6. The third kappa shape index (κ3) is 4.66. The SMILES string of the molecule is CC1(C)CN(CC(=O)N2CCC(C(C)(C)O)CC2)CCO1. The van der Waals surface area contributed by atoms with Gasteiger partial charge in [-0.05, 0) is 46.5 Å². The zero-order valence-electron chi connectivity index (χ0n) is 13.9. The third-order valence-electron chi connectivity index (χ3n) is 4.71. The number of rotatable bonds is 3. The molecule has 21 heavy (non-hydrogen) atoms. The number of hydrogen-bond acceptors (Lipinski definition) is 4. The zero-order chi connectivity index (χ0) is 15.7. The van der Waals surface area contributed by atoms with E-state index < -0.39 is 5.60 Å². The lowest BCUT2D eigenvalue weighted by molar-refractivity contribution is -0.139. The minimum atomic E-state index is -0.636. The third-order valence-corrected chi connectivity index (χ3v) is 4.71. The number of likely N-dealkylation sites (tertiary alicyclic amines) is 1. The van der Waals surface area contributed by atoms with E-state index >= 15 is 0 Å². The first-order chi connectivity index (χ1) is 9.67. The van der Waals surface area contributed by atoms with Gasteiger partial charge in [-0.1, -0.05) is 0 Å². The van der Waals surface area contributed by atoms with Gasteiger partial charge in [0.15, 0.2) is 0 Å². The van der Waals surface area contributed by atoms with Gasteiger partial charge in [0.1, 0.15) is 0 Å². The second kappa shape index (κ2) is 6.23. The Labute approximate surface area is 128 Å². The molecule has 0 saturated carbocycles. The Morgan fingerprint density at radius 2 is 1.90 bits per heavy atom. The van der Waals surface area contributed by atoms with Gasteiger partial charge in [-0.15, -0.1) is 0 Å². The minimum Gasteiger partial charge on any atom is -0.390 e. The maximum Gasteiger partial charge on any atom is 0.236 e. The molecule has 2 fully saturated rings. The van der Waals surface area contributed by atoms with Gasteiger partial charge in [0, 0.05) is 26.2 Å². The van der Waals surface area contributed by atoms with Crippen molar-refractivity contribution in [3.05, 3.63) is 0 Å². The molecule has 0 aliphatic carbocycles. The molecule has 5 nitrogen and oxygen atoms in total. The molecular weight excluding hydrogens is 268 g/mol. The predicted molar refractivity (Wildman–Crippen MR) is 82.1 cm³/mol. The van der Waals surface area contributed by atoms with Crippen molar-refractivity contribution in [2.45, 2.75) is 51.7 Å². The number of aliphatic hydroxyl groups is 1. The Bertz CT molecular complexity index is 368. The van der Waals surface area contributed by atoms with Gasteiger partial charge in [-0.3, -0.25) is 9.69 Å². The second-order valence-electron chi connectivity index (χ2n) is 7.63. The summed E-state index contributed by atoms with van der Waals surface area (Å²) in [5.41, 5.74) is -0.796. The van der Waals surface area contributed by atoms with Crippen molar-refractivity contribution in [3.8, 4) is 0 Å². The molecule has 122 valence electrons. The highest BCUT2D eigenvalue weighted by Crippen LogP contribution is 2.28. The molecule has 5 heteroatoms. The van der Waals surface area contributed by atoms with Crippen molar-refractivity contribution in [2.75, 3.05) is 39.3 Å². The van der Waals surface area contributed by atoms with Crippen molar-refractivity contribution in [2.24, 2.45) is 5.92 Å². The van der Waals surface area contributed by atoms with Gasteiger partial charge in [-0.2, -0.15) is 0 Å². The molecule has 1 amide bonds. The molecule has 0 aromatic rings. The topological polar surface area (TPSA) is 53.0 Å². The Morgan fingerprint density at radius 3 is 2.43 bits per heavy atom. The van der Waals surface area contributed by atoms with Crippen molar-refractivity contribution in [1.82, 2.24) is 9.80 Å².